The molecule has 76 valence electrons. The van der Waals surface area contributed by atoms with Crippen molar-refractivity contribution in [1.29, 1.82) is 0 Å². The Labute approximate surface area is 87.9 Å². The molecule has 4 heteroatoms. The van der Waals surface area contributed by atoms with Crippen LogP contribution in [-0.2, 0) is 4.74 Å². The molecule has 0 aliphatic rings. The molecule has 0 aliphatic carbocycles. The number of rotatable bonds is 3. The SMILES string of the molecule is COC(=O)c1cc(SC(C)C)ccn1. The van der Waals surface area contributed by atoms with Gasteiger partial charge in [0.2, 0.25) is 0 Å². The van der Waals surface area contributed by atoms with Crippen molar-refractivity contribution in [2.24, 2.45) is 0 Å². The van der Waals surface area contributed by atoms with Crippen LogP contribution in [-0.4, -0.2) is 23.3 Å². The second kappa shape index (κ2) is 5.00. The molecule has 1 aromatic rings. The maximum atomic E-state index is 11.2. The lowest BCUT2D eigenvalue weighted by atomic mass is 10.3. The van der Waals surface area contributed by atoms with Crippen molar-refractivity contribution in [1.82, 2.24) is 4.98 Å². The molecular weight excluding hydrogens is 198 g/mol. The Kier molecular flexibility index (Phi) is 3.95. The number of carbonyl (C=O) groups is 1. The van der Waals surface area contributed by atoms with Gasteiger partial charge in [-0.3, -0.25) is 0 Å². The van der Waals surface area contributed by atoms with Crippen LogP contribution in [0.1, 0.15) is 24.3 Å². The van der Waals surface area contributed by atoms with Gasteiger partial charge in [-0.25, -0.2) is 9.78 Å². The highest BCUT2D eigenvalue weighted by molar-refractivity contribution is 7.99. The first kappa shape index (κ1) is 11.0. The van der Waals surface area contributed by atoms with Gasteiger partial charge in [-0.05, 0) is 12.1 Å². The van der Waals surface area contributed by atoms with Crippen LogP contribution in [0.4, 0.5) is 0 Å². The Balaban J connectivity index is 2.84. The zero-order valence-electron chi connectivity index (χ0n) is 8.48. The second-order valence-electron chi connectivity index (χ2n) is 3.03. The van der Waals surface area contributed by atoms with Crippen LogP contribution in [0.3, 0.4) is 0 Å². The van der Waals surface area contributed by atoms with Crippen LogP contribution in [0.25, 0.3) is 0 Å². The van der Waals surface area contributed by atoms with Gasteiger partial charge in [-0.1, -0.05) is 13.8 Å². The summed E-state index contributed by atoms with van der Waals surface area (Å²) in [4.78, 5) is 16.1. The normalized spacial score (nSPS) is 10.3. The fraction of sp³-hybridized carbons (Fsp3) is 0.400. The van der Waals surface area contributed by atoms with Gasteiger partial charge in [-0.2, -0.15) is 0 Å². The van der Waals surface area contributed by atoms with Crippen molar-refractivity contribution in [2.75, 3.05) is 7.11 Å². The summed E-state index contributed by atoms with van der Waals surface area (Å²) in [6.45, 7) is 4.20. The van der Waals surface area contributed by atoms with Gasteiger partial charge < -0.3 is 4.74 Å². The highest BCUT2D eigenvalue weighted by Gasteiger charge is 2.08. The molecule has 1 rings (SSSR count). The molecular formula is C10H13NO2S. The minimum Gasteiger partial charge on any atom is -0.464 e. The lowest BCUT2D eigenvalue weighted by Crippen LogP contribution is -2.03. The summed E-state index contributed by atoms with van der Waals surface area (Å²) in [7, 11) is 1.35. The molecule has 0 atom stereocenters. The summed E-state index contributed by atoms with van der Waals surface area (Å²) in [6, 6.07) is 3.63. The third-order valence-electron chi connectivity index (χ3n) is 1.50. The Morgan fingerprint density at radius 2 is 2.29 bits per heavy atom. The molecule has 0 aliphatic heterocycles. The number of pyridine rings is 1. The Morgan fingerprint density at radius 3 is 2.86 bits per heavy atom. The van der Waals surface area contributed by atoms with Crippen LogP contribution >= 0.6 is 11.8 Å². The minimum absolute atomic E-state index is 0.359. The molecule has 0 amide bonds. The number of hydrogen-bond donors (Lipinski definition) is 0. The minimum atomic E-state index is -0.392. The molecule has 0 saturated carbocycles. The monoisotopic (exact) mass is 211 g/mol. The number of thioether (sulfide) groups is 1. The molecule has 3 nitrogen and oxygen atoms in total. The predicted octanol–water partition coefficient (Wildman–Crippen LogP) is 2.37. The van der Waals surface area contributed by atoms with Gasteiger partial charge in [-0.15, -0.1) is 11.8 Å². The summed E-state index contributed by atoms with van der Waals surface area (Å²) >= 11 is 1.69. The molecule has 1 aromatic heterocycles. The zero-order chi connectivity index (χ0) is 10.6. The molecule has 0 aromatic carbocycles. The smallest absolute Gasteiger partial charge is 0.356 e. The van der Waals surface area contributed by atoms with E-state index in [0.717, 1.165) is 4.90 Å². The maximum absolute atomic E-state index is 11.2. The van der Waals surface area contributed by atoms with E-state index in [1.807, 2.05) is 6.07 Å². The fourth-order valence-electron chi connectivity index (χ4n) is 0.973. The number of methoxy groups -OCH3 is 1. The predicted molar refractivity (Wildman–Crippen MR) is 56.6 cm³/mol. The molecule has 0 unspecified atom stereocenters. The van der Waals surface area contributed by atoms with Crippen LogP contribution < -0.4 is 0 Å². The molecule has 0 saturated heterocycles. The average molecular weight is 211 g/mol. The van der Waals surface area contributed by atoms with Crippen LogP contribution in [0.15, 0.2) is 23.2 Å². The number of ether oxygens (including phenoxy) is 1. The highest BCUT2D eigenvalue weighted by atomic mass is 32.2. The van der Waals surface area contributed by atoms with Crippen LogP contribution in [0, 0.1) is 0 Å². The van der Waals surface area contributed by atoms with E-state index in [4.69, 9.17) is 0 Å². The van der Waals surface area contributed by atoms with Crippen molar-refractivity contribution in [2.45, 2.75) is 24.0 Å². The number of carbonyl (C=O) groups excluding carboxylic acids is 1. The van der Waals surface area contributed by atoms with Crippen LogP contribution in [0.5, 0.6) is 0 Å². The topological polar surface area (TPSA) is 39.2 Å². The van der Waals surface area contributed by atoms with Gasteiger partial charge in [0.05, 0.1) is 7.11 Å². The maximum Gasteiger partial charge on any atom is 0.356 e. The molecule has 0 bridgehead atoms. The van der Waals surface area contributed by atoms with E-state index in [1.54, 1.807) is 24.0 Å². The third-order valence-corrected chi connectivity index (χ3v) is 2.50. The first-order valence-corrected chi connectivity index (χ1v) is 5.22. The summed E-state index contributed by atoms with van der Waals surface area (Å²) < 4.78 is 4.59. The van der Waals surface area contributed by atoms with E-state index in [-0.39, 0.29) is 0 Å². The summed E-state index contributed by atoms with van der Waals surface area (Å²) in [6.07, 6.45) is 1.62. The zero-order valence-corrected chi connectivity index (χ0v) is 9.30. The Hall–Kier alpha value is -1.03. The van der Waals surface area contributed by atoms with Crippen molar-refractivity contribution in [3.63, 3.8) is 0 Å². The molecule has 14 heavy (non-hydrogen) atoms. The van der Waals surface area contributed by atoms with Gasteiger partial charge in [0.1, 0.15) is 5.69 Å². The highest BCUT2D eigenvalue weighted by Crippen LogP contribution is 2.22. The van der Waals surface area contributed by atoms with E-state index in [9.17, 15) is 4.79 Å². The second-order valence-corrected chi connectivity index (χ2v) is 4.68. The van der Waals surface area contributed by atoms with Crippen molar-refractivity contribution in [3.8, 4) is 0 Å². The van der Waals surface area contributed by atoms with Gasteiger partial charge in [0.15, 0.2) is 0 Å². The largest absolute Gasteiger partial charge is 0.464 e. The third kappa shape index (κ3) is 3.03. The Bertz CT molecular complexity index is 326. The summed E-state index contributed by atoms with van der Waals surface area (Å²) in [5, 5.41) is 0.489. The van der Waals surface area contributed by atoms with E-state index in [2.05, 4.69) is 23.6 Å². The number of aromatic nitrogens is 1. The van der Waals surface area contributed by atoms with Gasteiger partial charge in [0.25, 0.3) is 0 Å². The first-order chi connectivity index (χ1) is 6.63. The Morgan fingerprint density at radius 1 is 1.57 bits per heavy atom. The fourth-order valence-corrected chi connectivity index (χ4v) is 1.84. The van der Waals surface area contributed by atoms with Gasteiger partial charge >= 0.3 is 5.97 Å². The lowest BCUT2D eigenvalue weighted by Gasteiger charge is -2.05. The quantitative estimate of drug-likeness (QED) is 0.568. The first-order valence-electron chi connectivity index (χ1n) is 4.34. The molecule has 0 N–H and O–H groups in total. The average Bonchev–Trinajstić information content (AvgIpc) is 2.16. The van der Waals surface area contributed by atoms with E-state index >= 15 is 0 Å². The lowest BCUT2D eigenvalue weighted by molar-refractivity contribution is 0.0593. The van der Waals surface area contributed by atoms with Crippen molar-refractivity contribution in [3.05, 3.63) is 24.0 Å². The van der Waals surface area contributed by atoms with Crippen LogP contribution in [0.2, 0.25) is 0 Å². The number of nitrogens with zero attached hydrogens (tertiary/aromatic N) is 1. The summed E-state index contributed by atoms with van der Waals surface area (Å²) in [5.74, 6) is -0.392. The molecule has 1 heterocycles. The number of esters is 1. The molecule has 0 spiro atoms. The van der Waals surface area contributed by atoms with E-state index in [0.29, 0.717) is 10.9 Å². The standard InChI is InChI=1S/C10H13NO2S/c1-7(2)14-8-4-5-11-9(6-8)10(12)13-3/h4-7H,1-3H3. The number of hydrogen-bond acceptors (Lipinski definition) is 4. The summed E-state index contributed by atoms with van der Waals surface area (Å²) in [5.41, 5.74) is 0.359. The van der Waals surface area contributed by atoms with E-state index < -0.39 is 5.97 Å². The molecule has 0 radical (unpaired) electrons. The van der Waals surface area contributed by atoms with Crippen molar-refractivity contribution < 1.29 is 9.53 Å². The molecule has 0 fully saturated rings. The van der Waals surface area contributed by atoms with Gasteiger partial charge in [0, 0.05) is 16.3 Å². The van der Waals surface area contributed by atoms with Crippen molar-refractivity contribution >= 4 is 17.7 Å². The van der Waals surface area contributed by atoms with E-state index in [1.165, 1.54) is 7.11 Å².